The molecule has 1 aliphatic heterocycles. The number of methoxy groups -OCH3 is 1. The molecule has 0 amide bonds. The first-order chi connectivity index (χ1) is 7.24. The first-order valence-corrected chi connectivity index (χ1v) is 5.12. The van der Waals surface area contributed by atoms with E-state index in [-0.39, 0.29) is 18.1 Å². The predicted molar refractivity (Wildman–Crippen MR) is 57.4 cm³/mol. The lowest BCUT2D eigenvalue weighted by molar-refractivity contribution is -0.141. The van der Waals surface area contributed by atoms with Gasteiger partial charge in [0.05, 0.1) is 7.11 Å². The number of carbonyl (C=O) groups excluding carboxylic acids is 1. The fourth-order valence-corrected chi connectivity index (χ4v) is 1.85. The molecule has 2 rings (SSSR count). The van der Waals surface area contributed by atoms with Crippen molar-refractivity contribution in [3.8, 4) is 0 Å². The number of carbonyl (C=O) groups is 1. The van der Waals surface area contributed by atoms with Crippen molar-refractivity contribution in [1.29, 1.82) is 0 Å². The van der Waals surface area contributed by atoms with Crippen LogP contribution in [-0.2, 0) is 9.53 Å². The Bertz CT molecular complexity index is 350. The Labute approximate surface area is 89.7 Å². The van der Waals surface area contributed by atoms with Crippen molar-refractivity contribution in [1.82, 2.24) is 4.90 Å². The zero-order valence-electron chi connectivity index (χ0n) is 9.01. The van der Waals surface area contributed by atoms with E-state index in [9.17, 15) is 4.79 Å². The maximum Gasteiger partial charge on any atom is 0.324 e. The quantitative estimate of drug-likeness (QED) is 0.554. The normalized spacial score (nSPS) is 25.7. The van der Waals surface area contributed by atoms with E-state index >= 15 is 0 Å². The molecular weight excluding hydrogens is 190 g/mol. The Kier molecular flexibility index (Phi) is 2.73. The Morgan fingerprint density at radius 2 is 2.13 bits per heavy atom. The second-order valence-electron chi connectivity index (χ2n) is 3.82. The molecule has 0 bridgehead atoms. The van der Waals surface area contributed by atoms with E-state index in [1.165, 1.54) is 12.7 Å². The minimum Gasteiger partial charge on any atom is -0.468 e. The first kappa shape index (κ1) is 10.2. The molecule has 0 aliphatic carbocycles. The molecule has 0 spiro atoms. The van der Waals surface area contributed by atoms with Gasteiger partial charge in [-0.1, -0.05) is 30.3 Å². The van der Waals surface area contributed by atoms with Gasteiger partial charge in [-0.15, -0.1) is 0 Å². The van der Waals surface area contributed by atoms with E-state index in [2.05, 4.69) is 24.0 Å². The van der Waals surface area contributed by atoms with Gasteiger partial charge in [0.25, 0.3) is 0 Å². The topological polar surface area (TPSA) is 29.3 Å². The highest BCUT2D eigenvalue weighted by atomic mass is 16.5. The van der Waals surface area contributed by atoms with Crippen LogP contribution in [0.4, 0.5) is 0 Å². The highest BCUT2D eigenvalue weighted by Gasteiger charge is 2.44. The van der Waals surface area contributed by atoms with Crippen LogP contribution in [0.5, 0.6) is 0 Å². The second kappa shape index (κ2) is 4.03. The maximum absolute atomic E-state index is 11.3. The molecule has 3 nitrogen and oxygen atoms in total. The number of benzene rings is 1. The summed E-state index contributed by atoms with van der Waals surface area (Å²) in [6.45, 7) is 2.92. The summed E-state index contributed by atoms with van der Waals surface area (Å²) in [4.78, 5) is 13.4. The first-order valence-electron chi connectivity index (χ1n) is 5.12. The van der Waals surface area contributed by atoms with Crippen LogP contribution >= 0.6 is 0 Å². The Morgan fingerprint density at radius 1 is 1.47 bits per heavy atom. The average Bonchev–Trinajstić information content (AvgIpc) is 3.08. The molecule has 3 heteroatoms. The lowest BCUT2D eigenvalue weighted by atomic mass is 10.1. The van der Waals surface area contributed by atoms with Gasteiger partial charge in [0.15, 0.2) is 0 Å². The smallest absolute Gasteiger partial charge is 0.324 e. The number of esters is 1. The van der Waals surface area contributed by atoms with Gasteiger partial charge < -0.3 is 4.74 Å². The lowest BCUT2D eigenvalue weighted by Crippen LogP contribution is -2.16. The third-order valence-electron chi connectivity index (χ3n) is 2.90. The molecular formula is C12H15NO2. The Balaban J connectivity index is 2.00. The van der Waals surface area contributed by atoms with E-state index in [4.69, 9.17) is 4.74 Å². The van der Waals surface area contributed by atoms with Crippen molar-refractivity contribution in [3.05, 3.63) is 35.9 Å². The van der Waals surface area contributed by atoms with Crippen LogP contribution in [0.25, 0.3) is 0 Å². The zero-order chi connectivity index (χ0) is 10.8. The van der Waals surface area contributed by atoms with Gasteiger partial charge in [0, 0.05) is 12.6 Å². The van der Waals surface area contributed by atoms with Crippen molar-refractivity contribution < 1.29 is 9.53 Å². The number of rotatable bonds is 3. The summed E-state index contributed by atoms with van der Waals surface area (Å²) in [5.74, 6) is -0.127. The molecule has 0 saturated carbocycles. The molecule has 0 N–H and O–H groups in total. The number of hydrogen-bond acceptors (Lipinski definition) is 3. The molecule has 1 heterocycles. The molecule has 3 unspecified atom stereocenters. The average molecular weight is 205 g/mol. The molecule has 1 saturated heterocycles. The second-order valence-corrected chi connectivity index (χ2v) is 3.82. The predicted octanol–water partition coefficient (Wildman–Crippen LogP) is 1.60. The third-order valence-corrected chi connectivity index (χ3v) is 2.90. The van der Waals surface area contributed by atoms with Crippen LogP contribution in [0, 0.1) is 0 Å². The van der Waals surface area contributed by atoms with Crippen molar-refractivity contribution >= 4 is 5.97 Å². The van der Waals surface area contributed by atoms with Crippen LogP contribution in [0.15, 0.2) is 30.3 Å². The summed E-state index contributed by atoms with van der Waals surface area (Å²) in [7, 11) is 1.44. The van der Waals surface area contributed by atoms with Gasteiger partial charge in [-0.2, -0.15) is 0 Å². The largest absolute Gasteiger partial charge is 0.468 e. The van der Waals surface area contributed by atoms with Crippen LogP contribution < -0.4 is 0 Å². The molecule has 80 valence electrons. The lowest BCUT2D eigenvalue weighted by Gasteiger charge is -2.13. The molecule has 1 aliphatic rings. The van der Waals surface area contributed by atoms with Crippen molar-refractivity contribution in [2.75, 3.05) is 13.7 Å². The molecule has 0 aromatic heterocycles. The summed E-state index contributed by atoms with van der Waals surface area (Å²) >= 11 is 0. The van der Waals surface area contributed by atoms with E-state index in [0.29, 0.717) is 0 Å². The summed E-state index contributed by atoms with van der Waals surface area (Å²) < 4.78 is 4.71. The minimum absolute atomic E-state index is 0.0368. The highest BCUT2D eigenvalue weighted by molar-refractivity contribution is 5.79. The van der Waals surface area contributed by atoms with Crippen molar-refractivity contribution in [2.24, 2.45) is 0 Å². The molecule has 1 aromatic carbocycles. The summed E-state index contributed by atoms with van der Waals surface area (Å²) in [6.07, 6.45) is 0. The van der Waals surface area contributed by atoms with E-state index in [1.54, 1.807) is 0 Å². The Hall–Kier alpha value is -1.35. The number of nitrogens with zero attached hydrogens (tertiary/aromatic N) is 1. The third kappa shape index (κ3) is 2.02. The zero-order valence-corrected chi connectivity index (χ0v) is 9.01. The summed E-state index contributed by atoms with van der Waals surface area (Å²) in [6, 6.07) is 10.4. The number of ether oxygens (including phenoxy) is 1. The maximum atomic E-state index is 11.3. The van der Waals surface area contributed by atoms with Crippen LogP contribution in [0.2, 0.25) is 0 Å². The van der Waals surface area contributed by atoms with Gasteiger partial charge in [-0.25, -0.2) is 0 Å². The molecule has 0 radical (unpaired) electrons. The number of hydrogen-bond donors (Lipinski definition) is 0. The van der Waals surface area contributed by atoms with Gasteiger partial charge in [0.1, 0.15) is 6.04 Å². The fourth-order valence-electron chi connectivity index (χ4n) is 1.85. The monoisotopic (exact) mass is 205 g/mol. The summed E-state index contributed by atoms with van der Waals surface area (Å²) in [5.41, 5.74) is 1.24. The van der Waals surface area contributed by atoms with Crippen LogP contribution in [0.1, 0.15) is 18.5 Å². The highest BCUT2D eigenvalue weighted by Crippen LogP contribution is 2.31. The van der Waals surface area contributed by atoms with E-state index < -0.39 is 0 Å². The standard InChI is InChI=1S/C12H15NO2/c1-9(10-6-4-3-5-7-10)13-8-11(13)12(14)15-2/h3-7,9,11H,8H2,1-2H3. The van der Waals surface area contributed by atoms with Crippen molar-refractivity contribution in [2.45, 2.75) is 19.0 Å². The Morgan fingerprint density at radius 3 is 2.73 bits per heavy atom. The van der Waals surface area contributed by atoms with Gasteiger partial charge in [-0.05, 0) is 12.5 Å². The van der Waals surface area contributed by atoms with Gasteiger partial charge in [0.2, 0.25) is 0 Å². The SMILES string of the molecule is COC(=O)C1CN1C(C)c1ccccc1. The van der Waals surface area contributed by atoms with Crippen LogP contribution in [0.3, 0.4) is 0 Å². The van der Waals surface area contributed by atoms with Crippen molar-refractivity contribution in [3.63, 3.8) is 0 Å². The molecule has 3 atom stereocenters. The van der Waals surface area contributed by atoms with E-state index in [0.717, 1.165) is 6.54 Å². The molecule has 1 aromatic rings. The summed E-state index contributed by atoms with van der Waals surface area (Å²) in [5, 5.41) is 0. The van der Waals surface area contributed by atoms with E-state index in [1.807, 2.05) is 18.2 Å². The molecule has 1 fully saturated rings. The molecule has 15 heavy (non-hydrogen) atoms. The fraction of sp³-hybridized carbons (Fsp3) is 0.417. The van der Waals surface area contributed by atoms with Gasteiger partial charge >= 0.3 is 5.97 Å². The minimum atomic E-state index is -0.127. The van der Waals surface area contributed by atoms with Crippen LogP contribution in [-0.4, -0.2) is 30.6 Å². The van der Waals surface area contributed by atoms with Gasteiger partial charge in [-0.3, -0.25) is 9.69 Å².